The highest BCUT2D eigenvalue weighted by atomic mass is 32.2. The summed E-state index contributed by atoms with van der Waals surface area (Å²) in [6.45, 7) is 3.39. The van der Waals surface area contributed by atoms with Crippen LogP contribution >= 0.6 is 0 Å². The molecule has 1 fully saturated rings. The molecule has 104 valence electrons. The monoisotopic (exact) mass is 284 g/mol. The van der Waals surface area contributed by atoms with Crippen LogP contribution in [0, 0.1) is 6.92 Å². The summed E-state index contributed by atoms with van der Waals surface area (Å²) >= 11 is 0. The molecule has 1 atom stereocenters. The maximum absolute atomic E-state index is 12.0. The van der Waals surface area contributed by atoms with E-state index in [0.717, 1.165) is 0 Å². The number of aryl methyl sites for hydroxylation is 1. The minimum absolute atomic E-state index is 0.00359. The van der Waals surface area contributed by atoms with E-state index >= 15 is 0 Å². The van der Waals surface area contributed by atoms with Gasteiger partial charge in [-0.15, -0.1) is 0 Å². The first kappa shape index (κ1) is 13.8. The summed E-state index contributed by atoms with van der Waals surface area (Å²) in [5.74, 6) is -0.565. The number of sulfone groups is 1. The Bertz CT molecular complexity index is 677. The van der Waals surface area contributed by atoms with Crippen molar-refractivity contribution in [1.29, 1.82) is 0 Å². The van der Waals surface area contributed by atoms with Gasteiger partial charge in [0.15, 0.2) is 9.84 Å². The number of hydrogen-bond donors (Lipinski definition) is 2. The Balaban J connectivity index is 2.20. The van der Waals surface area contributed by atoms with Gasteiger partial charge in [0.2, 0.25) is 0 Å². The summed E-state index contributed by atoms with van der Waals surface area (Å²) in [6, 6.07) is 3.07. The van der Waals surface area contributed by atoms with Gasteiger partial charge in [0.05, 0.1) is 17.0 Å². The summed E-state index contributed by atoms with van der Waals surface area (Å²) in [4.78, 5) is 26.2. The van der Waals surface area contributed by atoms with Crippen molar-refractivity contribution in [2.45, 2.75) is 25.8 Å². The van der Waals surface area contributed by atoms with Gasteiger partial charge >= 0.3 is 0 Å². The van der Waals surface area contributed by atoms with Crippen molar-refractivity contribution in [3.05, 3.63) is 33.7 Å². The number of carbonyl (C=O) groups is 1. The van der Waals surface area contributed by atoms with E-state index in [1.165, 1.54) is 6.07 Å². The predicted octanol–water partition coefficient (Wildman–Crippen LogP) is -0.00968. The number of rotatable bonds is 2. The van der Waals surface area contributed by atoms with Crippen molar-refractivity contribution >= 4 is 15.7 Å². The Morgan fingerprint density at radius 1 is 1.42 bits per heavy atom. The van der Waals surface area contributed by atoms with Crippen LogP contribution in [0.1, 0.15) is 29.4 Å². The Morgan fingerprint density at radius 3 is 2.63 bits per heavy atom. The first-order valence-electron chi connectivity index (χ1n) is 5.94. The average molecular weight is 284 g/mol. The van der Waals surface area contributed by atoms with E-state index in [4.69, 9.17) is 0 Å². The molecule has 0 aliphatic carbocycles. The highest BCUT2D eigenvalue weighted by Crippen LogP contribution is 2.23. The van der Waals surface area contributed by atoms with Crippen LogP contribution in [-0.2, 0) is 9.84 Å². The molecule has 6 nitrogen and oxygen atoms in total. The zero-order chi connectivity index (χ0) is 14.3. The first-order chi connectivity index (χ1) is 8.71. The molecule has 1 aromatic rings. The van der Waals surface area contributed by atoms with Gasteiger partial charge in [-0.05, 0) is 32.4 Å². The molecule has 1 aromatic heterocycles. The molecule has 1 aliphatic rings. The number of hydrogen-bond acceptors (Lipinski definition) is 4. The molecule has 0 unspecified atom stereocenters. The van der Waals surface area contributed by atoms with E-state index in [2.05, 4.69) is 10.3 Å². The van der Waals surface area contributed by atoms with Crippen molar-refractivity contribution in [3.8, 4) is 0 Å². The fourth-order valence-corrected chi connectivity index (χ4v) is 4.29. The third-order valence-electron chi connectivity index (χ3n) is 3.22. The minimum Gasteiger partial charge on any atom is -0.346 e. The van der Waals surface area contributed by atoms with Crippen molar-refractivity contribution in [2.75, 3.05) is 11.5 Å². The van der Waals surface area contributed by atoms with Gasteiger partial charge in [-0.25, -0.2) is 8.42 Å². The first-order valence-corrected chi connectivity index (χ1v) is 7.76. The molecule has 2 heterocycles. The van der Waals surface area contributed by atoms with Crippen LogP contribution in [0.4, 0.5) is 0 Å². The second kappa shape index (κ2) is 4.48. The lowest BCUT2D eigenvalue weighted by Gasteiger charge is -2.23. The molecule has 7 heteroatoms. The molecule has 1 aliphatic heterocycles. The molecule has 0 radical (unpaired) electrons. The molecular weight excluding hydrogens is 268 g/mol. The zero-order valence-corrected chi connectivity index (χ0v) is 11.6. The van der Waals surface area contributed by atoms with E-state index in [-0.39, 0.29) is 17.1 Å². The molecule has 0 bridgehead atoms. The third-order valence-corrected chi connectivity index (χ3v) is 5.12. The summed E-state index contributed by atoms with van der Waals surface area (Å²) in [5.41, 5.74) is -0.609. The fraction of sp³-hybridized carbons (Fsp3) is 0.500. The quantitative estimate of drug-likeness (QED) is 0.798. The van der Waals surface area contributed by atoms with Crippen LogP contribution in [0.25, 0.3) is 0 Å². The van der Waals surface area contributed by atoms with Crippen LogP contribution in [0.2, 0.25) is 0 Å². The Labute approximate surface area is 111 Å². The van der Waals surface area contributed by atoms with Crippen LogP contribution in [0.3, 0.4) is 0 Å². The highest BCUT2D eigenvalue weighted by Gasteiger charge is 2.39. The van der Waals surface area contributed by atoms with Crippen molar-refractivity contribution in [1.82, 2.24) is 10.3 Å². The number of carbonyl (C=O) groups excluding carboxylic acids is 1. The molecule has 0 saturated carbocycles. The van der Waals surface area contributed by atoms with E-state index in [1.54, 1.807) is 19.9 Å². The number of amides is 1. The Morgan fingerprint density at radius 2 is 2.11 bits per heavy atom. The maximum Gasteiger partial charge on any atom is 0.260 e. The molecule has 1 amide bonds. The number of nitrogens with one attached hydrogen (secondary N) is 2. The molecule has 1 saturated heterocycles. The number of aromatic nitrogens is 1. The van der Waals surface area contributed by atoms with Crippen LogP contribution in [0.5, 0.6) is 0 Å². The molecule has 2 N–H and O–H groups in total. The van der Waals surface area contributed by atoms with E-state index < -0.39 is 26.8 Å². The van der Waals surface area contributed by atoms with Crippen LogP contribution < -0.4 is 10.9 Å². The van der Waals surface area contributed by atoms with Gasteiger partial charge < -0.3 is 10.3 Å². The minimum atomic E-state index is -3.10. The summed E-state index contributed by atoms with van der Waals surface area (Å²) in [5, 5.41) is 2.65. The standard InChI is InChI=1S/C12H16N2O4S/c1-8-3-4-9(10(15)13-8)11(16)14-12(2)5-6-19(17,18)7-12/h3-4H,5-7H2,1-2H3,(H,13,15)(H,14,16)/t12-/m0/s1. The summed E-state index contributed by atoms with van der Waals surface area (Å²) in [7, 11) is -3.10. The number of H-pyrrole nitrogens is 1. The van der Waals surface area contributed by atoms with Gasteiger partial charge in [0.25, 0.3) is 11.5 Å². The van der Waals surface area contributed by atoms with Crippen molar-refractivity contribution in [2.24, 2.45) is 0 Å². The molecule has 0 aromatic carbocycles. The molecular formula is C12H16N2O4S. The lowest BCUT2D eigenvalue weighted by atomic mass is 10.0. The van der Waals surface area contributed by atoms with Crippen LogP contribution in [0.15, 0.2) is 16.9 Å². The van der Waals surface area contributed by atoms with Crippen molar-refractivity contribution < 1.29 is 13.2 Å². The van der Waals surface area contributed by atoms with Gasteiger partial charge in [-0.2, -0.15) is 0 Å². The van der Waals surface area contributed by atoms with Crippen molar-refractivity contribution in [3.63, 3.8) is 0 Å². The average Bonchev–Trinajstić information content (AvgIpc) is 2.52. The van der Waals surface area contributed by atoms with E-state index in [0.29, 0.717) is 12.1 Å². The SMILES string of the molecule is Cc1ccc(C(=O)N[C@@]2(C)CCS(=O)(=O)C2)c(=O)[nH]1. The van der Waals surface area contributed by atoms with E-state index in [1.807, 2.05) is 0 Å². The van der Waals surface area contributed by atoms with Gasteiger partial charge in [0.1, 0.15) is 5.56 Å². The molecule has 0 spiro atoms. The largest absolute Gasteiger partial charge is 0.346 e. The lowest BCUT2D eigenvalue weighted by Crippen LogP contribution is -2.48. The highest BCUT2D eigenvalue weighted by molar-refractivity contribution is 7.91. The fourth-order valence-electron chi connectivity index (χ4n) is 2.20. The Kier molecular flexibility index (Phi) is 3.25. The summed E-state index contributed by atoms with van der Waals surface area (Å²) in [6.07, 6.45) is 0.366. The maximum atomic E-state index is 12.0. The second-order valence-electron chi connectivity index (χ2n) is 5.24. The van der Waals surface area contributed by atoms with Crippen LogP contribution in [-0.4, -0.2) is 36.4 Å². The normalized spacial score (nSPS) is 25.2. The number of aromatic amines is 1. The molecule has 19 heavy (non-hydrogen) atoms. The Hall–Kier alpha value is -1.63. The lowest BCUT2D eigenvalue weighted by molar-refractivity contribution is 0.0914. The van der Waals surface area contributed by atoms with Gasteiger partial charge in [-0.1, -0.05) is 0 Å². The van der Waals surface area contributed by atoms with Gasteiger partial charge in [-0.3, -0.25) is 9.59 Å². The van der Waals surface area contributed by atoms with Gasteiger partial charge in [0, 0.05) is 5.69 Å². The molecule has 2 rings (SSSR count). The smallest absolute Gasteiger partial charge is 0.260 e. The summed E-state index contributed by atoms with van der Waals surface area (Å²) < 4.78 is 22.9. The topological polar surface area (TPSA) is 96.1 Å². The van der Waals surface area contributed by atoms with E-state index in [9.17, 15) is 18.0 Å². The zero-order valence-electron chi connectivity index (χ0n) is 10.8. The number of pyridine rings is 1. The predicted molar refractivity (Wildman–Crippen MR) is 70.9 cm³/mol. The second-order valence-corrected chi connectivity index (χ2v) is 7.43. The third kappa shape index (κ3) is 3.04.